The molecule has 31 heavy (non-hydrogen) atoms. The molecular formula is C27H48F2N2. The summed E-state index contributed by atoms with van der Waals surface area (Å²) in [5.74, 6) is 3.20. The van der Waals surface area contributed by atoms with Crippen LogP contribution in [0, 0.1) is 41.4 Å². The zero-order valence-electron chi connectivity index (χ0n) is 19.9. The van der Waals surface area contributed by atoms with E-state index >= 15 is 8.78 Å². The van der Waals surface area contributed by atoms with E-state index in [1.165, 1.54) is 51.4 Å². The fraction of sp³-hybridized carbons (Fsp3) is 1.00. The highest BCUT2D eigenvalue weighted by atomic mass is 19.2. The van der Waals surface area contributed by atoms with Crippen molar-refractivity contribution in [3.05, 3.63) is 0 Å². The molecule has 0 aromatic carbocycles. The third-order valence-electron chi connectivity index (χ3n) is 9.75. The average Bonchev–Trinajstić information content (AvgIpc) is 3.59. The minimum atomic E-state index is -1.24. The fourth-order valence-corrected chi connectivity index (χ4v) is 7.61. The Morgan fingerprint density at radius 3 is 1.87 bits per heavy atom. The monoisotopic (exact) mass is 438 g/mol. The second kappa shape index (κ2) is 10.8. The van der Waals surface area contributed by atoms with Gasteiger partial charge in [0.25, 0.3) is 0 Å². The predicted octanol–water partition coefficient (Wildman–Crippen LogP) is 6.56. The van der Waals surface area contributed by atoms with Gasteiger partial charge in [0.1, 0.15) is 12.3 Å². The molecule has 0 radical (unpaired) electrons. The summed E-state index contributed by atoms with van der Waals surface area (Å²) in [7, 11) is 0. The van der Waals surface area contributed by atoms with Crippen LogP contribution in [-0.4, -0.2) is 24.4 Å². The molecule has 4 heteroatoms. The van der Waals surface area contributed by atoms with Crippen molar-refractivity contribution in [2.75, 3.05) is 0 Å². The second-order valence-electron chi connectivity index (χ2n) is 12.1. The van der Waals surface area contributed by atoms with Crippen LogP contribution >= 0.6 is 0 Å². The lowest BCUT2D eigenvalue weighted by atomic mass is 9.65. The van der Waals surface area contributed by atoms with Crippen molar-refractivity contribution < 1.29 is 8.78 Å². The Kier molecular flexibility index (Phi) is 8.34. The molecule has 6 unspecified atom stereocenters. The van der Waals surface area contributed by atoms with E-state index in [2.05, 4.69) is 0 Å². The Hall–Kier alpha value is -0.220. The van der Waals surface area contributed by atoms with Crippen LogP contribution in [-0.2, 0) is 0 Å². The van der Waals surface area contributed by atoms with E-state index in [0.29, 0.717) is 17.9 Å². The molecule has 0 bridgehead atoms. The standard InChI is InChI=1S/C27H48F2N2/c1-17(30)2-6-22-16-23(26(28)27(29)25(22)21-10-11-21)9-5-18-3-7-19(8-4-18)20-12-14-24(31)15-13-20/h17-27H,2-16,30-31H2,1H3. The Bertz CT molecular complexity index is 535. The maximum absolute atomic E-state index is 15.2. The molecule has 4 saturated carbocycles. The zero-order chi connectivity index (χ0) is 22.0. The molecule has 6 atom stereocenters. The first-order valence-electron chi connectivity index (χ1n) is 13.7. The molecule has 4 rings (SSSR count). The summed E-state index contributed by atoms with van der Waals surface area (Å²) in [5, 5.41) is 0. The van der Waals surface area contributed by atoms with E-state index in [-0.39, 0.29) is 17.9 Å². The summed E-state index contributed by atoms with van der Waals surface area (Å²) in [6, 6.07) is 0.599. The minimum absolute atomic E-state index is 0.0379. The summed E-state index contributed by atoms with van der Waals surface area (Å²) in [6.07, 6.45) is 14.9. The lowest BCUT2D eigenvalue weighted by molar-refractivity contribution is -0.0301. The molecular weight excluding hydrogens is 390 g/mol. The van der Waals surface area contributed by atoms with Crippen molar-refractivity contribution in [1.82, 2.24) is 0 Å². The van der Waals surface area contributed by atoms with Crippen molar-refractivity contribution >= 4 is 0 Å². The minimum Gasteiger partial charge on any atom is -0.328 e. The second-order valence-corrected chi connectivity index (χ2v) is 12.1. The van der Waals surface area contributed by atoms with E-state index in [0.717, 1.165) is 62.7 Å². The van der Waals surface area contributed by atoms with Gasteiger partial charge in [-0.2, -0.15) is 0 Å². The fourth-order valence-electron chi connectivity index (χ4n) is 7.61. The number of hydrogen-bond acceptors (Lipinski definition) is 2. The van der Waals surface area contributed by atoms with E-state index in [9.17, 15) is 0 Å². The van der Waals surface area contributed by atoms with Crippen molar-refractivity contribution in [1.29, 1.82) is 0 Å². The molecule has 4 aliphatic carbocycles. The van der Waals surface area contributed by atoms with Crippen LogP contribution in [0.5, 0.6) is 0 Å². The highest BCUT2D eigenvalue weighted by molar-refractivity contribution is 4.99. The van der Waals surface area contributed by atoms with Gasteiger partial charge in [-0.15, -0.1) is 0 Å². The maximum atomic E-state index is 15.2. The lowest BCUT2D eigenvalue weighted by Gasteiger charge is -2.42. The first-order chi connectivity index (χ1) is 14.9. The Labute approximate surface area is 189 Å². The molecule has 0 amide bonds. The third-order valence-corrected chi connectivity index (χ3v) is 9.75. The normalized spacial score (nSPS) is 45.4. The van der Waals surface area contributed by atoms with Gasteiger partial charge in [0.15, 0.2) is 0 Å². The first-order valence-corrected chi connectivity index (χ1v) is 13.7. The molecule has 0 saturated heterocycles. The Balaban J connectivity index is 1.24. The number of rotatable bonds is 8. The quantitative estimate of drug-likeness (QED) is 0.451. The predicted molar refractivity (Wildman–Crippen MR) is 125 cm³/mol. The molecule has 0 aliphatic heterocycles. The molecule has 0 spiro atoms. The zero-order valence-corrected chi connectivity index (χ0v) is 19.9. The largest absolute Gasteiger partial charge is 0.328 e. The van der Waals surface area contributed by atoms with E-state index in [1.54, 1.807) is 0 Å². The van der Waals surface area contributed by atoms with Gasteiger partial charge in [-0.1, -0.05) is 19.3 Å². The molecule has 4 N–H and O–H groups in total. The molecule has 4 aliphatic rings. The van der Waals surface area contributed by atoms with Gasteiger partial charge in [-0.05, 0) is 125 Å². The molecule has 0 aromatic heterocycles. The number of hydrogen-bond donors (Lipinski definition) is 2. The molecule has 0 aromatic rings. The summed E-state index contributed by atoms with van der Waals surface area (Å²) >= 11 is 0. The van der Waals surface area contributed by atoms with Gasteiger partial charge in [0, 0.05) is 12.1 Å². The summed E-state index contributed by atoms with van der Waals surface area (Å²) < 4.78 is 30.3. The van der Waals surface area contributed by atoms with Crippen LogP contribution in [0.1, 0.15) is 103 Å². The van der Waals surface area contributed by atoms with Crippen LogP contribution < -0.4 is 11.5 Å². The van der Waals surface area contributed by atoms with Crippen molar-refractivity contribution in [2.45, 2.75) is 128 Å². The Morgan fingerprint density at radius 2 is 1.29 bits per heavy atom. The number of halogens is 2. The van der Waals surface area contributed by atoms with Gasteiger partial charge in [0.05, 0.1) is 0 Å². The van der Waals surface area contributed by atoms with Gasteiger partial charge in [-0.25, -0.2) is 8.78 Å². The summed E-state index contributed by atoms with van der Waals surface area (Å²) in [5.41, 5.74) is 12.1. The van der Waals surface area contributed by atoms with Crippen molar-refractivity contribution in [3.8, 4) is 0 Å². The topological polar surface area (TPSA) is 52.0 Å². The van der Waals surface area contributed by atoms with Crippen LogP contribution in [0.2, 0.25) is 0 Å². The van der Waals surface area contributed by atoms with Gasteiger partial charge in [-0.3, -0.25) is 0 Å². The highest BCUT2D eigenvalue weighted by Crippen LogP contribution is 2.52. The Morgan fingerprint density at radius 1 is 0.710 bits per heavy atom. The molecule has 0 heterocycles. The van der Waals surface area contributed by atoms with Crippen LogP contribution in [0.3, 0.4) is 0 Å². The van der Waals surface area contributed by atoms with Crippen LogP contribution in [0.4, 0.5) is 8.78 Å². The number of alkyl halides is 2. The summed E-state index contributed by atoms with van der Waals surface area (Å²) in [4.78, 5) is 0. The molecule has 4 fully saturated rings. The van der Waals surface area contributed by atoms with Crippen LogP contribution in [0.25, 0.3) is 0 Å². The smallest absolute Gasteiger partial charge is 0.135 e. The summed E-state index contributed by atoms with van der Waals surface area (Å²) in [6.45, 7) is 2.04. The maximum Gasteiger partial charge on any atom is 0.135 e. The van der Waals surface area contributed by atoms with Crippen molar-refractivity contribution in [2.24, 2.45) is 52.9 Å². The van der Waals surface area contributed by atoms with E-state index in [4.69, 9.17) is 11.5 Å². The molecule has 180 valence electrons. The lowest BCUT2D eigenvalue weighted by Crippen LogP contribution is -2.44. The highest BCUT2D eigenvalue weighted by Gasteiger charge is 2.50. The van der Waals surface area contributed by atoms with Gasteiger partial charge < -0.3 is 11.5 Å². The SMILES string of the molecule is CC(N)CCC1CC(CCC2CCC(C3CCC(N)CC3)CC2)C(F)C(F)C1C1CC1. The average molecular weight is 439 g/mol. The van der Waals surface area contributed by atoms with Gasteiger partial charge in [0.2, 0.25) is 0 Å². The number of nitrogens with two attached hydrogens (primary N) is 2. The van der Waals surface area contributed by atoms with Crippen molar-refractivity contribution in [3.63, 3.8) is 0 Å². The third kappa shape index (κ3) is 6.22. The van der Waals surface area contributed by atoms with E-state index in [1.807, 2.05) is 6.92 Å². The molecule has 2 nitrogen and oxygen atoms in total. The van der Waals surface area contributed by atoms with E-state index < -0.39 is 12.3 Å². The first kappa shape index (κ1) is 23.9. The van der Waals surface area contributed by atoms with Gasteiger partial charge >= 0.3 is 0 Å². The van der Waals surface area contributed by atoms with Crippen LogP contribution in [0.15, 0.2) is 0 Å².